The van der Waals surface area contributed by atoms with Crippen LogP contribution in [-0.2, 0) is 11.0 Å². The van der Waals surface area contributed by atoms with E-state index in [4.69, 9.17) is 0 Å². The highest BCUT2D eigenvalue weighted by Crippen LogP contribution is 2.33. The van der Waals surface area contributed by atoms with E-state index in [-0.39, 0.29) is 11.4 Å². The lowest BCUT2D eigenvalue weighted by Gasteiger charge is -2.13. The molecule has 0 fully saturated rings. The summed E-state index contributed by atoms with van der Waals surface area (Å²) in [4.78, 5) is 15.0. The van der Waals surface area contributed by atoms with Crippen LogP contribution in [0.3, 0.4) is 0 Å². The van der Waals surface area contributed by atoms with Crippen molar-refractivity contribution in [1.29, 1.82) is 0 Å². The van der Waals surface area contributed by atoms with E-state index in [0.717, 1.165) is 18.2 Å². The molecule has 0 spiro atoms. The van der Waals surface area contributed by atoms with Crippen LogP contribution in [0.5, 0.6) is 0 Å². The maximum atomic E-state index is 12.7. The van der Waals surface area contributed by atoms with Crippen LogP contribution in [0.1, 0.15) is 5.56 Å². The number of carbonyl (C=O) groups is 1. The number of halogens is 3. The fourth-order valence-electron chi connectivity index (χ4n) is 1.53. The molecular weight excluding hydrogens is 273 g/mol. The number of hydrogen-bond acceptors (Lipinski definition) is 3. The molecule has 0 aliphatic carbocycles. The first-order chi connectivity index (χ1) is 9.41. The first kappa shape index (κ1) is 13.8. The molecule has 0 atom stereocenters. The lowest BCUT2D eigenvalue weighted by molar-refractivity contribution is -0.137. The Kier molecular flexibility index (Phi) is 3.55. The van der Waals surface area contributed by atoms with Crippen molar-refractivity contribution in [3.05, 3.63) is 49.1 Å². The summed E-state index contributed by atoms with van der Waals surface area (Å²) in [6.07, 6.45) is -0.997. The molecule has 0 radical (unpaired) electrons. The molecule has 0 aliphatic rings. The normalized spacial score (nSPS) is 11.2. The van der Waals surface area contributed by atoms with Crippen molar-refractivity contribution in [2.45, 2.75) is 6.18 Å². The Bertz CT molecular complexity index is 635. The predicted octanol–water partition coefficient (Wildman–Crippen LogP) is 2.41. The molecular formula is C12H9F3N4O. The molecule has 5 nitrogen and oxygen atoms in total. The second-order valence-electron chi connectivity index (χ2n) is 3.76. The minimum atomic E-state index is -4.51. The van der Waals surface area contributed by atoms with Crippen molar-refractivity contribution in [3.63, 3.8) is 0 Å². The Morgan fingerprint density at radius 3 is 2.70 bits per heavy atom. The summed E-state index contributed by atoms with van der Waals surface area (Å²) in [5, 5.41) is 6.13. The number of amides is 1. The van der Waals surface area contributed by atoms with E-state index in [9.17, 15) is 18.0 Å². The van der Waals surface area contributed by atoms with E-state index in [0.29, 0.717) is 0 Å². The fraction of sp³-hybridized carbons (Fsp3) is 0.0833. The van der Waals surface area contributed by atoms with E-state index >= 15 is 0 Å². The summed E-state index contributed by atoms with van der Waals surface area (Å²) in [7, 11) is 0. The van der Waals surface area contributed by atoms with E-state index < -0.39 is 17.6 Å². The second kappa shape index (κ2) is 5.16. The Morgan fingerprint density at radius 2 is 2.15 bits per heavy atom. The average Bonchev–Trinajstić information content (AvgIpc) is 2.91. The first-order valence-corrected chi connectivity index (χ1v) is 5.41. The smallest absolute Gasteiger partial charge is 0.321 e. The van der Waals surface area contributed by atoms with E-state index in [1.54, 1.807) is 0 Å². The van der Waals surface area contributed by atoms with Crippen molar-refractivity contribution >= 4 is 11.6 Å². The third kappa shape index (κ3) is 2.85. The third-order valence-electron chi connectivity index (χ3n) is 2.43. The highest BCUT2D eigenvalue weighted by Gasteiger charge is 2.31. The van der Waals surface area contributed by atoms with Gasteiger partial charge in [0.2, 0.25) is 5.91 Å². The number of anilines is 1. The van der Waals surface area contributed by atoms with E-state index in [2.05, 4.69) is 22.0 Å². The van der Waals surface area contributed by atoms with Crippen LogP contribution in [-0.4, -0.2) is 20.7 Å². The minimum Gasteiger partial charge on any atom is -0.321 e. The number of alkyl halides is 3. The fourth-order valence-corrected chi connectivity index (χ4v) is 1.53. The van der Waals surface area contributed by atoms with E-state index in [1.165, 1.54) is 23.4 Å². The number of hydrogen-bond donors (Lipinski definition) is 1. The van der Waals surface area contributed by atoms with Crippen LogP contribution in [0.25, 0.3) is 5.69 Å². The maximum Gasteiger partial charge on any atom is 0.416 e. The maximum absolute atomic E-state index is 12.7. The van der Waals surface area contributed by atoms with Crippen LogP contribution < -0.4 is 5.32 Å². The van der Waals surface area contributed by atoms with Gasteiger partial charge in [-0.3, -0.25) is 4.79 Å². The van der Waals surface area contributed by atoms with Gasteiger partial charge in [0.1, 0.15) is 12.7 Å². The molecule has 0 aliphatic heterocycles. The number of aromatic nitrogens is 3. The second-order valence-corrected chi connectivity index (χ2v) is 3.76. The van der Waals surface area contributed by atoms with Crippen LogP contribution >= 0.6 is 0 Å². The predicted molar refractivity (Wildman–Crippen MR) is 65.2 cm³/mol. The van der Waals surface area contributed by atoms with Crippen LogP contribution in [0.2, 0.25) is 0 Å². The summed E-state index contributed by atoms with van der Waals surface area (Å²) in [5.74, 6) is -0.620. The lowest BCUT2D eigenvalue weighted by Crippen LogP contribution is -2.13. The molecule has 104 valence electrons. The topological polar surface area (TPSA) is 59.8 Å². The molecule has 0 bridgehead atoms. The van der Waals surface area contributed by atoms with Crippen LogP contribution in [0, 0.1) is 0 Å². The molecule has 0 saturated heterocycles. The quantitative estimate of drug-likeness (QED) is 0.879. The Morgan fingerprint density at radius 1 is 1.40 bits per heavy atom. The number of nitrogens with one attached hydrogen (secondary N) is 1. The van der Waals surface area contributed by atoms with Crippen molar-refractivity contribution in [1.82, 2.24) is 14.8 Å². The molecule has 1 N–H and O–H groups in total. The standard InChI is InChI=1S/C12H9F3N4O/c1-2-11(20)18-9-5-8(12(13,14)15)3-4-10(9)19-7-16-6-17-19/h2-7H,1H2,(H,18,20). The Balaban J connectivity index is 2.51. The molecule has 2 aromatic rings. The molecule has 20 heavy (non-hydrogen) atoms. The summed E-state index contributed by atoms with van der Waals surface area (Å²) < 4.78 is 39.3. The molecule has 1 aromatic carbocycles. The zero-order valence-electron chi connectivity index (χ0n) is 10.1. The van der Waals surface area contributed by atoms with Gasteiger partial charge in [-0.1, -0.05) is 6.58 Å². The lowest BCUT2D eigenvalue weighted by atomic mass is 10.1. The van der Waals surface area contributed by atoms with Gasteiger partial charge in [0.25, 0.3) is 0 Å². The van der Waals surface area contributed by atoms with Gasteiger partial charge in [-0.15, -0.1) is 0 Å². The molecule has 8 heteroatoms. The van der Waals surface area contributed by atoms with Crippen LogP contribution in [0.4, 0.5) is 18.9 Å². The molecule has 1 heterocycles. The van der Waals surface area contributed by atoms with Gasteiger partial charge in [0.05, 0.1) is 16.9 Å². The average molecular weight is 282 g/mol. The third-order valence-corrected chi connectivity index (χ3v) is 2.43. The van der Waals surface area contributed by atoms with Gasteiger partial charge in [-0.2, -0.15) is 18.3 Å². The molecule has 0 unspecified atom stereocenters. The van der Waals surface area contributed by atoms with Gasteiger partial charge in [0, 0.05) is 0 Å². The Hall–Kier alpha value is -2.64. The summed E-state index contributed by atoms with van der Waals surface area (Å²) in [5.41, 5.74) is -0.637. The highest BCUT2D eigenvalue weighted by atomic mass is 19.4. The number of benzene rings is 1. The molecule has 1 amide bonds. The van der Waals surface area contributed by atoms with Crippen molar-refractivity contribution in [2.75, 3.05) is 5.32 Å². The van der Waals surface area contributed by atoms with Gasteiger partial charge in [-0.05, 0) is 24.3 Å². The van der Waals surface area contributed by atoms with Gasteiger partial charge in [-0.25, -0.2) is 9.67 Å². The SMILES string of the molecule is C=CC(=O)Nc1cc(C(F)(F)F)ccc1-n1cncn1. The zero-order valence-corrected chi connectivity index (χ0v) is 10.1. The Labute approximate surface area is 111 Å². The summed E-state index contributed by atoms with van der Waals surface area (Å²) in [6.45, 7) is 3.25. The minimum absolute atomic E-state index is 0.0322. The number of nitrogens with zero attached hydrogens (tertiary/aromatic N) is 3. The van der Waals surface area contributed by atoms with Gasteiger partial charge >= 0.3 is 6.18 Å². The largest absolute Gasteiger partial charge is 0.416 e. The highest BCUT2D eigenvalue weighted by molar-refractivity contribution is 6.00. The van der Waals surface area contributed by atoms with Gasteiger partial charge < -0.3 is 5.32 Å². The van der Waals surface area contributed by atoms with Crippen LogP contribution in [0.15, 0.2) is 43.5 Å². The first-order valence-electron chi connectivity index (χ1n) is 5.41. The summed E-state index contributed by atoms with van der Waals surface area (Å²) >= 11 is 0. The van der Waals surface area contributed by atoms with Crippen molar-refractivity contribution in [3.8, 4) is 5.69 Å². The monoisotopic (exact) mass is 282 g/mol. The zero-order chi connectivity index (χ0) is 14.8. The van der Waals surface area contributed by atoms with Crippen molar-refractivity contribution in [2.24, 2.45) is 0 Å². The molecule has 0 saturated carbocycles. The summed E-state index contributed by atoms with van der Waals surface area (Å²) in [6, 6.07) is 2.94. The van der Waals surface area contributed by atoms with E-state index in [1.807, 2.05) is 0 Å². The molecule has 1 aromatic heterocycles. The van der Waals surface area contributed by atoms with Gasteiger partial charge in [0.15, 0.2) is 0 Å². The van der Waals surface area contributed by atoms with Crippen molar-refractivity contribution < 1.29 is 18.0 Å². The number of carbonyl (C=O) groups excluding carboxylic acids is 1. The molecule has 2 rings (SSSR count). The number of rotatable bonds is 3.